The smallest absolute Gasteiger partial charge is 0.278 e. The Balaban J connectivity index is 1.11. The zero-order valence-electron chi connectivity index (χ0n) is 20.5. The second-order valence-electron chi connectivity index (χ2n) is 8.96. The molecule has 0 saturated carbocycles. The number of halogens is 1. The second-order valence-corrected chi connectivity index (χ2v) is 11.1. The van der Waals surface area contributed by atoms with Crippen LogP contribution >= 0.6 is 34.4 Å². The van der Waals surface area contributed by atoms with Crippen molar-refractivity contribution in [2.75, 3.05) is 6.54 Å². The lowest BCUT2D eigenvalue weighted by molar-refractivity contribution is -0.0279. The molecule has 2 amide bonds. The normalized spacial score (nSPS) is 16.4. The molecule has 198 valence electrons. The average Bonchev–Trinajstić information content (AvgIpc) is 3.61. The summed E-state index contributed by atoms with van der Waals surface area (Å²) in [5, 5.41) is 1.09. The van der Waals surface area contributed by atoms with Crippen molar-refractivity contribution in [2.45, 2.75) is 37.3 Å². The molecule has 1 N–H and O–H groups in total. The molecule has 12 heteroatoms. The maximum Gasteiger partial charge on any atom is 0.278 e. The van der Waals surface area contributed by atoms with Crippen LogP contribution in [0.5, 0.6) is 0 Å². The molecule has 10 nitrogen and oxygen atoms in total. The van der Waals surface area contributed by atoms with Crippen LogP contribution in [-0.4, -0.2) is 42.8 Å². The monoisotopic (exact) mass is 655 g/mol. The number of carbonyl (C=O) groups is 2. The SMILES string of the molecule is O=C1c2ccccc2C(=O)N1CCCCCn1c(SC2=COC(c3ccccc3I)O2)nc2c(=O)[nH]cnc21. The van der Waals surface area contributed by atoms with Gasteiger partial charge in [-0.2, -0.15) is 0 Å². The number of benzene rings is 2. The Bertz CT molecular complexity index is 1650. The van der Waals surface area contributed by atoms with E-state index in [1.807, 2.05) is 28.8 Å². The van der Waals surface area contributed by atoms with Crippen LogP contribution in [0, 0.1) is 3.57 Å². The first kappa shape index (κ1) is 25.6. The highest BCUT2D eigenvalue weighted by molar-refractivity contribution is 14.1. The number of aryl methyl sites for hydroxylation is 1. The van der Waals surface area contributed by atoms with E-state index in [9.17, 15) is 14.4 Å². The maximum absolute atomic E-state index is 12.6. The molecular formula is C27H22IN5O5S. The highest BCUT2D eigenvalue weighted by atomic mass is 127. The summed E-state index contributed by atoms with van der Waals surface area (Å²) in [5.74, 6) is -0.484. The van der Waals surface area contributed by atoms with Crippen molar-refractivity contribution in [3.8, 4) is 0 Å². The van der Waals surface area contributed by atoms with Gasteiger partial charge in [0.05, 0.1) is 17.5 Å². The predicted molar refractivity (Wildman–Crippen MR) is 152 cm³/mol. The quantitative estimate of drug-likeness (QED) is 0.155. The summed E-state index contributed by atoms with van der Waals surface area (Å²) in [7, 11) is 0. The van der Waals surface area contributed by atoms with Gasteiger partial charge in [-0.05, 0) is 71.8 Å². The Morgan fingerprint density at radius 2 is 1.67 bits per heavy atom. The van der Waals surface area contributed by atoms with Gasteiger partial charge in [-0.3, -0.25) is 19.3 Å². The molecule has 0 saturated heterocycles. The van der Waals surface area contributed by atoms with Gasteiger partial charge in [-0.25, -0.2) is 9.97 Å². The van der Waals surface area contributed by atoms with Crippen LogP contribution in [0.25, 0.3) is 11.2 Å². The number of imide groups is 1. The van der Waals surface area contributed by atoms with Crippen LogP contribution in [-0.2, 0) is 16.0 Å². The van der Waals surface area contributed by atoms with Crippen molar-refractivity contribution >= 4 is 57.3 Å². The molecule has 2 aromatic carbocycles. The Morgan fingerprint density at radius 3 is 2.44 bits per heavy atom. The zero-order valence-corrected chi connectivity index (χ0v) is 23.5. The molecule has 0 radical (unpaired) electrons. The topological polar surface area (TPSA) is 119 Å². The Morgan fingerprint density at radius 1 is 0.949 bits per heavy atom. The van der Waals surface area contributed by atoms with E-state index in [2.05, 4.69) is 37.5 Å². The number of H-pyrrole nitrogens is 1. The third-order valence-corrected chi connectivity index (χ3v) is 8.38. The largest absolute Gasteiger partial charge is 0.454 e. The van der Waals surface area contributed by atoms with Gasteiger partial charge < -0.3 is 19.0 Å². The van der Waals surface area contributed by atoms with Gasteiger partial charge in [0, 0.05) is 22.2 Å². The molecule has 6 rings (SSSR count). The number of fused-ring (bicyclic) bond motifs is 2. The summed E-state index contributed by atoms with van der Waals surface area (Å²) in [6, 6.07) is 14.7. The van der Waals surface area contributed by atoms with Gasteiger partial charge in [0.25, 0.3) is 23.7 Å². The first-order valence-corrected chi connectivity index (χ1v) is 14.2. The average molecular weight is 655 g/mol. The fourth-order valence-corrected chi connectivity index (χ4v) is 6.07. The molecule has 1 unspecified atom stereocenters. The van der Waals surface area contributed by atoms with Gasteiger partial charge in [-0.1, -0.05) is 30.3 Å². The number of imidazole rings is 1. The molecule has 0 fully saturated rings. The van der Waals surface area contributed by atoms with E-state index < -0.39 is 6.29 Å². The highest BCUT2D eigenvalue weighted by Gasteiger charge is 2.34. The molecular weight excluding hydrogens is 633 g/mol. The predicted octanol–water partition coefficient (Wildman–Crippen LogP) is 4.83. The Kier molecular flexibility index (Phi) is 7.12. The molecule has 2 aliphatic heterocycles. The highest BCUT2D eigenvalue weighted by Crippen LogP contribution is 2.39. The molecule has 1 atom stereocenters. The van der Waals surface area contributed by atoms with Gasteiger partial charge >= 0.3 is 0 Å². The van der Waals surface area contributed by atoms with Crippen molar-refractivity contribution in [1.82, 2.24) is 24.4 Å². The van der Waals surface area contributed by atoms with Gasteiger partial charge in [0.1, 0.15) is 6.26 Å². The summed E-state index contributed by atoms with van der Waals surface area (Å²) in [6.07, 6.45) is 4.52. The van der Waals surface area contributed by atoms with E-state index in [0.29, 0.717) is 46.5 Å². The van der Waals surface area contributed by atoms with Crippen LogP contribution in [0.3, 0.4) is 0 Å². The van der Waals surface area contributed by atoms with E-state index in [1.165, 1.54) is 23.0 Å². The molecule has 0 bridgehead atoms. The number of ether oxygens (including phenoxy) is 2. The molecule has 4 aromatic rings. The maximum atomic E-state index is 12.6. The number of thioether (sulfide) groups is 1. The number of hydrogen-bond acceptors (Lipinski definition) is 8. The number of nitrogens with zero attached hydrogens (tertiary/aromatic N) is 4. The van der Waals surface area contributed by atoms with Gasteiger partial charge in [-0.15, -0.1) is 0 Å². The van der Waals surface area contributed by atoms with E-state index in [4.69, 9.17) is 9.47 Å². The summed E-state index contributed by atoms with van der Waals surface area (Å²) < 4.78 is 14.7. The summed E-state index contributed by atoms with van der Waals surface area (Å²) in [6.45, 7) is 0.903. The number of carbonyl (C=O) groups excluding carboxylic acids is 2. The molecule has 2 aromatic heterocycles. The van der Waals surface area contributed by atoms with Crippen LogP contribution in [0.15, 0.2) is 76.2 Å². The fourth-order valence-electron chi connectivity index (χ4n) is 4.59. The number of hydrogen-bond donors (Lipinski definition) is 1. The van der Waals surface area contributed by atoms with E-state index in [-0.39, 0.29) is 22.9 Å². The minimum atomic E-state index is -0.554. The van der Waals surface area contributed by atoms with Gasteiger partial charge in [0.2, 0.25) is 5.09 Å². The number of rotatable bonds is 9. The number of aromatic nitrogens is 4. The first-order chi connectivity index (χ1) is 19.0. The molecule has 0 spiro atoms. The van der Waals surface area contributed by atoms with Crippen molar-refractivity contribution < 1.29 is 19.1 Å². The van der Waals surface area contributed by atoms with Gasteiger partial charge in [0.15, 0.2) is 16.3 Å². The molecule has 0 aliphatic carbocycles. The lowest BCUT2D eigenvalue weighted by Crippen LogP contribution is -2.30. The molecule has 2 aliphatic rings. The molecule has 39 heavy (non-hydrogen) atoms. The number of aromatic amines is 1. The summed E-state index contributed by atoms with van der Waals surface area (Å²) >= 11 is 3.51. The van der Waals surface area contributed by atoms with Crippen LogP contribution in [0.2, 0.25) is 0 Å². The number of nitrogens with one attached hydrogen (secondary N) is 1. The van der Waals surface area contributed by atoms with E-state index >= 15 is 0 Å². The number of amides is 2. The third-order valence-electron chi connectivity index (χ3n) is 6.51. The number of unbranched alkanes of at least 4 members (excludes halogenated alkanes) is 2. The second kappa shape index (κ2) is 10.8. The first-order valence-electron chi connectivity index (χ1n) is 12.3. The zero-order chi connectivity index (χ0) is 26.9. The summed E-state index contributed by atoms with van der Waals surface area (Å²) in [5.41, 5.74) is 2.26. The van der Waals surface area contributed by atoms with Crippen LogP contribution in [0.1, 0.15) is 51.8 Å². The molecule has 4 heterocycles. The Labute approximate surface area is 240 Å². The third kappa shape index (κ3) is 4.93. The standard InChI is InChI=1S/C27H22IN5O5S/c28-19-11-5-4-10-18(19)26-37-14-20(38-26)39-27-31-21-22(29-15-30-23(21)34)32(27)12-6-1-7-13-33-24(35)16-8-2-3-9-17(16)25(33)36/h2-5,8-11,14-15,26H,1,6-7,12-13H2,(H,29,30,34). The minimum absolute atomic E-state index is 0.242. The van der Waals surface area contributed by atoms with Crippen LogP contribution < -0.4 is 5.56 Å². The van der Waals surface area contributed by atoms with Crippen molar-refractivity contribution in [3.05, 3.63) is 96.8 Å². The Hall–Kier alpha value is -3.65. The van der Waals surface area contributed by atoms with Crippen LogP contribution in [0.4, 0.5) is 0 Å². The fraction of sp³-hybridized carbons (Fsp3) is 0.222. The van der Waals surface area contributed by atoms with Crippen molar-refractivity contribution in [1.29, 1.82) is 0 Å². The van der Waals surface area contributed by atoms with Crippen molar-refractivity contribution in [3.63, 3.8) is 0 Å². The lowest BCUT2D eigenvalue weighted by Gasteiger charge is -2.14. The van der Waals surface area contributed by atoms with E-state index in [0.717, 1.165) is 22.0 Å². The lowest BCUT2D eigenvalue weighted by atomic mass is 10.1. The summed E-state index contributed by atoms with van der Waals surface area (Å²) in [4.78, 5) is 50.4. The minimum Gasteiger partial charge on any atom is -0.454 e. The van der Waals surface area contributed by atoms with E-state index in [1.54, 1.807) is 30.5 Å². The van der Waals surface area contributed by atoms with Crippen molar-refractivity contribution in [2.24, 2.45) is 0 Å².